The van der Waals surface area contributed by atoms with Crippen LogP contribution < -0.4 is 0 Å². The standard InChI is InChI=1S/C22H34S/c1-12(2)19-10-14(5)15(6)21-17(8)16(7)18(9)23-11-20(13(3)4)22(19)21/h10-13,16-18H,1-9H3/b20-11-/t16-,17+,18-/m0/s1. The molecule has 3 atom stereocenters. The van der Waals surface area contributed by atoms with Gasteiger partial charge in [-0.15, -0.1) is 11.8 Å². The van der Waals surface area contributed by atoms with Gasteiger partial charge in [-0.05, 0) is 76.3 Å². The summed E-state index contributed by atoms with van der Waals surface area (Å²) in [7, 11) is 0. The van der Waals surface area contributed by atoms with E-state index in [4.69, 9.17) is 0 Å². The maximum atomic E-state index is 2.47. The Kier molecular flexibility index (Phi) is 5.72. The Morgan fingerprint density at radius 2 is 1.57 bits per heavy atom. The van der Waals surface area contributed by atoms with Gasteiger partial charge in [0, 0.05) is 5.25 Å². The summed E-state index contributed by atoms with van der Waals surface area (Å²) in [6, 6.07) is 2.45. The lowest BCUT2D eigenvalue weighted by Gasteiger charge is -2.35. The summed E-state index contributed by atoms with van der Waals surface area (Å²) >= 11 is 2.03. The van der Waals surface area contributed by atoms with E-state index in [-0.39, 0.29) is 0 Å². The molecule has 2 rings (SSSR count). The SMILES string of the molecule is Cc1cc(C(C)C)c2c(c1C)[C@H](C)[C@H](C)[C@H](C)S/C=C\2C(C)C. The van der Waals surface area contributed by atoms with Crippen LogP contribution in [-0.2, 0) is 0 Å². The van der Waals surface area contributed by atoms with Crippen LogP contribution in [0.25, 0.3) is 5.57 Å². The number of hydrogen-bond donors (Lipinski definition) is 0. The predicted octanol–water partition coefficient (Wildman–Crippen LogP) is 7.30. The van der Waals surface area contributed by atoms with Gasteiger partial charge in [-0.2, -0.15) is 0 Å². The molecule has 1 aliphatic rings. The molecule has 0 radical (unpaired) electrons. The van der Waals surface area contributed by atoms with Gasteiger partial charge in [-0.3, -0.25) is 0 Å². The van der Waals surface area contributed by atoms with E-state index in [0.717, 1.165) is 0 Å². The number of fused-ring (bicyclic) bond motifs is 1. The maximum absolute atomic E-state index is 2.47. The summed E-state index contributed by atoms with van der Waals surface area (Å²) in [6.45, 7) is 21.2. The van der Waals surface area contributed by atoms with E-state index in [1.807, 2.05) is 11.8 Å². The third-order valence-electron chi connectivity index (χ3n) is 5.85. The van der Waals surface area contributed by atoms with E-state index in [0.29, 0.717) is 28.9 Å². The average Bonchev–Trinajstić information content (AvgIpc) is 2.47. The predicted molar refractivity (Wildman–Crippen MR) is 107 cm³/mol. The number of allylic oxidation sites excluding steroid dienone is 1. The lowest BCUT2D eigenvalue weighted by Crippen LogP contribution is -2.22. The molecular weight excluding hydrogens is 296 g/mol. The van der Waals surface area contributed by atoms with Crippen LogP contribution in [0.5, 0.6) is 0 Å². The van der Waals surface area contributed by atoms with E-state index in [9.17, 15) is 0 Å². The summed E-state index contributed by atoms with van der Waals surface area (Å²) in [5.41, 5.74) is 9.23. The second-order valence-corrected chi connectivity index (χ2v) is 9.32. The molecule has 23 heavy (non-hydrogen) atoms. The minimum Gasteiger partial charge on any atom is -0.130 e. The van der Waals surface area contributed by atoms with Gasteiger partial charge in [-0.25, -0.2) is 0 Å². The molecule has 0 unspecified atom stereocenters. The Balaban J connectivity index is 2.88. The molecule has 0 aromatic heterocycles. The van der Waals surface area contributed by atoms with Gasteiger partial charge in [0.1, 0.15) is 0 Å². The van der Waals surface area contributed by atoms with Crippen LogP contribution in [-0.4, -0.2) is 5.25 Å². The van der Waals surface area contributed by atoms with Gasteiger partial charge in [0.25, 0.3) is 0 Å². The normalized spacial score (nSPS) is 27.4. The van der Waals surface area contributed by atoms with Crippen molar-refractivity contribution in [1.82, 2.24) is 0 Å². The van der Waals surface area contributed by atoms with E-state index in [1.54, 1.807) is 16.7 Å². The molecule has 0 spiro atoms. The molecule has 1 aliphatic heterocycles. The van der Waals surface area contributed by atoms with Gasteiger partial charge < -0.3 is 0 Å². The molecular formula is C22H34S. The van der Waals surface area contributed by atoms with Crippen LogP contribution in [0.2, 0.25) is 0 Å². The van der Waals surface area contributed by atoms with E-state index in [2.05, 4.69) is 73.8 Å². The average molecular weight is 331 g/mol. The van der Waals surface area contributed by atoms with E-state index >= 15 is 0 Å². The fraction of sp³-hybridized carbons (Fsp3) is 0.636. The Labute approximate surface area is 148 Å². The van der Waals surface area contributed by atoms with Crippen LogP contribution in [0.4, 0.5) is 0 Å². The first kappa shape index (κ1) is 18.6. The smallest absolute Gasteiger partial charge is 0.00916 e. The molecule has 128 valence electrons. The van der Waals surface area contributed by atoms with Crippen molar-refractivity contribution in [2.75, 3.05) is 0 Å². The zero-order valence-electron chi connectivity index (χ0n) is 16.4. The first-order valence-electron chi connectivity index (χ1n) is 9.16. The number of hydrogen-bond acceptors (Lipinski definition) is 1. The van der Waals surface area contributed by atoms with Gasteiger partial charge in [0.15, 0.2) is 0 Å². The molecule has 1 aromatic carbocycles. The molecule has 0 saturated carbocycles. The van der Waals surface area contributed by atoms with Crippen molar-refractivity contribution >= 4 is 17.3 Å². The highest BCUT2D eigenvalue weighted by Gasteiger charge is 2.30. The highest BCUT2D eigenvalue weighted by molar-refractivity contribution is 8.02. The van der Waals surface area contributed by atoms with Crippen LogP contribution in [0.1, 0.15) is 88.1 Å². The monoisotopic (exact) mass is 330 g/mol. The molecule has 1 aromatic rings. The topological polar surface area (TPSA) is 0 Å². The Hall–Kier alpha value is -0.690. The van der Waals surface area contributed by atoms with Crippen molar-refractivity contribution in [2.45, 2.75) is 79.4 Å². The fourth-order valence-electron chi connectivity index (χ4n) is 3.77. The number of aryl methyl sites for hydroxylation is 1. The summed E-state index contributed by atoms with van der Waals surface area (Å²) in [4.78, 5) is 0. The van der Waals surface area contributed by atoms with Crippen LogP contribution in [0, 0.1) is 25.7 Å². The second-order valence-electron chi connectivity index (χ2n) is 8.07. The molecule has 0 fully saturated rings. The number of benzene rings is 1. The number of rotatable bonds is 2. The van der Waals surface area contributed by atoms with Gasteiger partial charge in [0.05, 0.1) is 0 Å². The Morgan fingerprint density at radius 3 is 2.09 bits per heavy atom. The molecule has 1 heteroatoms. The quantitative estimate of drug-likeness (QED) is 0.548. The van der Waals surface area contributed by atoms with Gasteiger partial charge in [-0.1, -0.05) is 54.5 Å². The molecule has 0 N–H and O–H groups in total. The molecule has 1 heterocycles. The molecule has 0 saturated heterocycles. The van der Waals surface area contributed by atoms with Crippen LogP contribution in [0.3, 0.4) is 0 Å². The lowest BCUT2D eigenvalue weighted by atomic mass is 9.74. The van der Waals surface area contributed by atoms with Crippen LogP contribution in [0.15, 0.2) is 11.5 Å². The molecule has 0 aliphatic carbocycles. The first-order chi connectivity index (χ1) is 10.7. The zero-order valence-corrected chi connectivity index (χ0v) is 17.3. The summed E-state index contributed by atoms with van der Waals surface area (Å²) in [5, 5.41) is 3.13. The minimum atomic E-state index is 0.564. The lowest BCUT2D eigenvalue weighted by molar-refractivity contribution is 0.481. The van der Waals surface area contributed by atoms with Crippen molar-refractivity contribution < 1.29 is 0 Å². The third kappa shape index (κ3) is 3.40. The van der Waals surface area contributed by atoms with Crippen molar-refractivity contribution in [3.63, 3.8) is 0 Å². The largest absolute Gasteiger partial charge is 0.130 e. The Morgan fingerprint density at radius 1 is 0.957 bits per heavy atom. The van der Waals surface area contributed by atoms with Crippen LogP contribution >= 0.6 is 11.8 Å². The maximum Gasteiger partial charge on any atom is 0.00916 e. The second kappa shape index (κ2) is 7.05. The Bertz CT molecular complexity index is 607. The minimum absolute atomic E-state index is 0.564. The molecule has 0 nitrogen and oxygen atoms in total. The molecule has 0 bridgehead atoms. The van der Waals surface area contributed by atoms with Crippen molar-refractivity contribution in [2.24, 2.45) is 11.8 Å². The van der Waals surface area contributed by atoms with Crippen molar-refractivity contribution in [3.8, 4) is 0 Å². The van der Waals surface area contributed by atoms with Crippen molar-refractivity contribution in [3.05, 3.63) is 39.3 Å². The van der Waals surface area contributed by atoms with Crippen molar-refractivity contribution in [1.29, 1.82) is 0 Å². The highest BCUT2D eigenvalue weighted by atomic mass is 32.2. The summed E-state index contributed by atoms with van der Waals surface area (Å²) in [5.74, 6) is 2.42. The van der Waals surface area contributed by atoms with E-state index < -0.39 is 0 Å². The summed E-state index contributed by atoms with van der Waals surface area (Å²) in [6.07, 6.45) is 0. The molecule has 0 amide bonds. The number of thioether (sulfide) groups is 1. The first-order valence-corrected chi connectivity index (χ1v) is 10.1. The van der Waals surface area contributed by atoms with Gasteiger partial charge >= 0.3 is 0 Å². The zero-order chi connectivity index (χ0) is 17.5. The third-order valence-corrected chi connectivity index (χ3v) is 7.10. The van der Waals surface area contributed by atoms with E-state index in [1.165, 1.54) is 16.7 Å². The fourth-order valence-corrected chi connectivity index (χ4v) is 5.01. The summed E-state index contributed by atoms with van der Waals surface area (Å²) < 4.78 is 0. The van der Waals surface area contributed by atoms with Gasteiger partial charge in [0.2, 0.25) is 0 Å². The highest BCUT2D eigenvalue weighted by Crippen LogP contribution is 2.46.